The van der Waals surface area contributed by atoms with E-state index in [2.05, 4.69) is 36.4 Å². The summed E-state index contributed by atoms with van der Waals surface area (Å²) in [5.74, 6) is 0.615. The van der Waals surface area contributed by atoms with E-state index in [9.17, 15) is 4.79 Å². The number of urea groups is 1. The van der Waals surface area contributed by atoms with Gasteiger partial charge in [0.25, 0.3) is 0 Å². The van der Waals surface area contributed by atoms with E-state index in [-0.39, 0.29) is 11.4 Å². The van der Waals surface area contributed by atoms with Gasteiger partial charge in [-0.25, -0.2) is 9.78 Å². The highest BCUT2D eigenvalue weighted by Gasteiger charge is 2.12. The van der Waals surface area contributed by atoms with Gasteiger partial charge in [-0.1, -0.05) is 20.8 Å². The van der Waals surface area contributed by atoms with Crippen LogP contribution in [0.4, 0.5) is 10.5 Å². The minimum absolute atomic E-state index is 0.0600. The molecule has 102 valence electrons. The number of carbonyl (C=O) groups is 1. The number of aryl methyl sites for hydroxylation is 1. The second kappa shape index (κ2) is 4.91. The fraction of sp³-hybridized carbons (Fsp3) is 0.429. The van der Waals surface area contributed by atoms with E-state index in [4.69, 9.17) is 4.42 Å². The predicted octanol–water partition coefficient (Wildman–Crippen LogP) is 3.30. The Morgan fingerprint density at radius 1 is 1.37 bits per heavy atom. The first kappa shape index (κ1) is 13.4. The maximum Gasteiger partial charge on any atom is 0.319 e. The molecule has 0 unspecified atom stereocenters. The lowest BCUT2D eigenvalue weighted by atomic mass is 9.97. The van der Waals surface area contributed by atoms with Gasteiger partial charge >= 0.3 is 6.03 Å². The molecule has 5 nitrogen and oxygen atoms in total. The number of nitrogens with zero attached hydrogens (tertiary/aromatic N) is 1. The van der Waals surface area contributed by atoms with E-state index in [0.717, 1.165) is 11.1 Å². The van der Waals surface area contributed by atoms with Gasteiger partial charge in [0, 0.05) is 19.2 Å². The topological polar surface area (TPSA) is 67.2 Å². The van der Waals surface area contributed by atoms with Crippen LogP contribution < -0.4 is 10.6 Å². The Morgan fingerprint density at radius 3 is 2.79 bits per heavy atom. The molecule has 1 heterocycles. The van der Waals surface area contributed by atoms with E-state index in [1.807, 2.05) is 0 Å². The Morgan fingerprint density at radius 2 is 2.11 bits per heavy atom. The van der Waals surface area contributed by atoms with Crippen molar-refractivity contribution < 1.29 is 9.21 Å². The van der Waals surface area contributed by atoms with Crippen molar-refractivity contribution >= 4 is 22.8 Å². The molecule has 2 amide bonds. The molecule has 2 N–H and O–H groups in total. The summed E-state index contributed by atoms with van der Waals surface area (Å²) < 4.78 is 5.38. The number of rotatable bonds is 2. The monoisotopic (exact) mass is 261 g/mol. The lowest BCUT2D eigenvalue weighted by Crippen LogP contribution is -2.35. The normalized spacial score (nSPS) is 11.6. The molecule has 19 heavy (non-hydrogen) atoms. The van der Waals surface area contributed by atoms with Gasteiger partial charge in [-0.2, -0.15) is 0 Å². The Kier molecular flexibility index (Phi) is 3.46. The third kappa shape index (κ3) is 3.71. The SMILES string of the molecule is Cc1nc2cc(NC(=O)NCC(C)(C)C)ccc2o1. The number of oxazole rings is 1. The zero-order valence-corrected chi connectivity index (χ0v) is 11.7. The molecule has 0 radical (unpaired) electrons. The molecule has 1 aromatic heterocycles. The summed E-state index contributed by atoms with van der Waals surface area (Å²) in [5, 5.41) is 5.61. The lowest BCUT2D eigenvalue weighted by Gasteiger charge is -2.18. The molecule has 0 atom stereocenters. The standard InChI is InChI=1S/C14H19N3O2/c1-9-16-11-7-10(5-6-12(11)19-9)17-13(18)15-8-14(2,3)4/h5-7H,8H2,1-4H3,(H2,15,17,18). The van der Waals surface area contributed by atoms with Gasteiger partial charge in [0.15, 0.2) is 11.5 Å². The number of aromatic nitrogens is 1. The third-order valence-corrected chi connectivity index (χ3v) is 2.53. The van der Waals surface area contributed by atoms with Crippen LogP contribution >= 0.6 is 0 Å². The predicted molar refractivity (Wildman–Crippen MR) is 75.2 cm³/mol. The van der Waals surface area contributed by atoms with Crippen LogP contribution in [0.1, 0.15) is 26.7 Å². The number of anilines is 1. The number of fused-ring (bicyclic) bond motifs is 1. The minimum Gasteiger partial charge on any atom is -0.441 e. The van der Waals surface area contributed by atoms with Crippen LogP contribution in [-0.4, -0.2) is 17.6 Å². The van der Waals surface area contributed by atoms with Crippen molar-refractivity contribution in [3.8, 4) is 0 Å². The molecule has 0 aliphatic carbocycles. The molecule has 0 saturated heterocycles. The average Bonchev–Trinajstić information content (AvgIpc) is 2.65. The number of amides is 2. The summed E-state index contributed by atoms with van der Waals surface area (Å²) in [6.45, 7) is 8.61. The first-order valence-electron chi connectivity index (χ1n) is 6.25. The van der Waals surface area contributed by atoms with Crippen LogP contribution in [0, 0.1) is 12.3 Å². The molecule has 0 aliphatic heterocycles. The lowest BCUT2D eigenvalue weighted by molar-refractivity contribution is 0.247. The molecule has 1 aromatic carbocycles. The second-order valence-electron chi connectivity index (χ2n) is 5.78. The highest BCUT2D eigenvalue weighted by atomic mass is 16.3. The number of carbonyl (C=O) groups excluding carboxylic acids is 1. The van der Waals surface area contributed by atoms with Gasteiger partial charge in [-0.15, -0.1) is 0 Å². The van der Waals surface area contributed by atoms with Gasteiger partial charge in [0.05, 0.1) is 0 Å². The van der Waals surface area contributed by atoms with E-state index in [1.165, 1.54) is 0 Å². The molecule has 0 spiro atoms. The van der Waals surface area contributed by atoms with Gasteiger partial charge in [-0.3, -0.25) is 0 Å². The quantitative estimate of drug-likeness (QED) is 0.871. The second-order valence-corrected chi connectivity index (χ2v) is 5.78. The van der Waals surface area contributed by atoms with Gasteiger partial charge in [0.2, 0.25) is 0 Å². The van der Waals surface area contributed by atoms with E-state index in [0.29, 0.717) is 18.1 Å². The van der Waals surface area contributed by atoms with Crippen molar-refractivity contribution in [3.63, 3.8) is 0 Å². The summed E-state index contributed by atoms with van der Waals surface area (Å²) in [6.07, 6.45) is 0. The van der Waals surface area contributed by atoms with Crippen molar-refractivity contribution in [2.75, 3.05) is 11.9 Å². The smallest absolute Gasteiger partial charge is 0.319 e. The van der Waals surface area contributed by atoms with E-state index in [1.54, 1.807) is 25.1 Å². The Labute approximate surface area is 112 Å². The summed E-state index contributed by atoms with van der Waals surface area (Å²) in [5.41, 5.74) is 2.22. The van der Waals surface area contributed by atoms with Crippen LogP contribution in [0.2, 0.25) is 0 Å². The van der Waals surface area contributed by atoms with Crippen molar-refractivity contribution in [1.29, 1.82) is 0 Å². The summed E-state index contributed by atoms with van der Waals surface area (Å²) >= 11 is 0. The van der Waals surface area contributed by atoms with Crippen LogP contribution in [0.25, 0.3) is 11.1 Å². The molecule has 0 aliphatic rings. The average molecular weight is 261 g/mol. The summed E-state index contributed by atoms with van der Waals surface area (Å²) in [7, 11) is 0. The number of hydrogen-bond acceptors (Lipinski definition) is 3. The number of nitrogens with one attached hydrogen (secondary N) is 2. The van der Waals surface area contributed by atoms with Crippen LogP contribution in [-0.2, 0) is 0 Å². The highest BCUT2D eigenvalue weighted by molar-refractivity contribution is 5.91. The maximum absolute atomic E-state index is 11.7. The Bertz CT molecular complexity index is 596. The molecule has 2 aromatic rings. The van der Waals surface area contributed by atoms with Crippen molar-refractivity contribution in [3.05, 3.63) is 24.1 Å². The summed E-state index contributed by atoms with van der Waals surface area (Å²) in [4.78, 5) is 16.0. The highest BCUT2D eigenvalue weighted by Crippen LogP contribution is 2.19. The van der Waals surface area contributed by atoms with Crippen molar-refractivity contribution in [1.82, 2.24) is 10.3 Å². The van der Waals surface area contributed by atoms with Gasteiger partial charge < -0.3 is 15.1 Å². The zero-order chi connectivity index (χ0) is 14.0. The van der Waals surface area contributed by atoms with Gasteiger partial charge in [0.1, 0.15) is 5.52 Å². The van der Waals surface area contributed by atoms with Crippen LogP contribution in [0.5, 0.6) is 0 Å². The third-order valence-electron chi connectivity index (χ3n) is 2.53. The molecule has 0 saturated carbocycles. The van der Waals surface area contributed by atoms with E-state index >= 15 is 0 Å². The van der Waals surface area contributed by atoms with Gasteiger partial charge in [-0.05, 0) is 23.6 Å². The van der Waals surface area contributed by atoms with E-state index < -0.39 is 0 Å². The van der Waals surface area contributed by atoms with Crippen molar-refractivity contribution in [2.24, 2.45) is 5.41 Å². The Hall–Kier alpha value is -2.04. The molecule has 5 heteroatoms. The fourth-order valence-corrected chi connectivity index (χ4v) is 1.64. The zero-order valence-electron chi connectivity index (χ0n) is 11.7. The molecular formula is C14H19N3O2. The molecular weight excluding hydrogens is 242 g/mol. The fourth-order valence-electron chi connectivity index (χ4n) is 1.64. The Balaban J connectivity index is 2.02. The first-order valence-corrected chi connectivity index (χ1v) is 6.25. The number of benzene rings is 1. The molecule has 0 fully saturated rings. The first-order chi connectivity index (χ1) is 8.83. The largest absolute Gasteiger partial charge is 0.441 e. The van der Waals surface area contributed by atoms with Crippen LogP contribution in [0.3, 0.4) is 0 Å². The number of hydrogen-bond donors (Lipinski definition) is 2. The summed E-state index contributed by atoms with van der Waals surface area (Å²) in [6, 6.07) is 5.18. The molecule has 0 bridgehead atoms. The minimum atomic E-state index is -0.213. The maximum atomic E-state index is 11.7. The van der Waals surface area contributed by atoms with Crippen molar-refractivity contribution in [2.45, 2.75) is 27.7 Å². The van der Waals surface area contributed by atoms with Crippen LogP contribution in [0.15, 0.2) is 22.6 Å². The molecule has 2 rings (SSSR count).